The van der Waals surface area contributed by atoms with Crippen LogP contribution in [0.15, 0.2) is 30.7 Å². The Kier molecular flexibility index (Phi) is 5.36. The molecular weight excluding hydrogens is 461 g/mol. The molecule has 0 unspecified atom stereocenters. The minimum atomic E-state index is -4.45. The highest BCUT2D eigenvalue weighted by atomic mass is 19.4. The number of amides is 1. The standard InChI is InChI=1S/C21H20F5N7O/c22-15(23)12-33-18-14(10-29-33)28-11-17(30-18)32-8-4-20(19(32)34)2-6-31(7-3-20)16-9-13(1-5-27-16)21(24,25)26/h1,5,9-11,15H,2-4,6-8,12H2. The fourth-order valence-corrected chi connectivity index (χ4v) is 4.67. The lowest BCUT2D eigenvalue weighted by Crippen LogP contribution is -2.45. The van der Waals surface area contributed by atoms with Gasteiger partial charge in [-0.2, -0.15) is 18.3 Å². The average Bonchev–Trinajstić information content (AvgIpc) is 3.34. The van der Waals surface area contributed by atoms with E-state index in [1.807, 2.05) is 0 Å². The summed E-state index contributed by atoms with van der Waals surface area (Å²) >= 11 is 0. The third-order valence-corrected chi connectivity index (χ3v) is 6.55. The van der Waals surface area contributed by atoms with E-state index in [0.29, 0.717) is 44.4 Å². The van der Waals surface area contributed by atoms with Gasteiger partial charge in [0, 0.05) is 25.8 Å². The molecule has 2 aliphatic rings. The molecule has 0 atom stereocenters. The first-order valence-corrected chi connectivity index (χ1v) is 10.7. The number of nitrogens with zero attached hydrogens (tertiary/aromatic N) is 7. The minimum Gasteiger partial charge on any atom is -0.357 e. The number of hydrogen-bond acceptors (Lipinski definition) is 6. The maximum absolute atomic E-state index is 13.4. The third-order valence-electron chi connectivity index (χ3n) is 6.55. The van der Waals surface area contributed by atoms with Crippen LogP contribution < -0.4 is 9.80 Å². The molecule has 0 radical (unpaired) electrons. The van der Waals surface area contributed by atoms with Crippen molar-refractivity contribution in [2.45, 2.75) is 38.4 Å². The van der Waals surface area contributed by atoms with E-state index in [0.717, 1.165) is 23.0 Å². The number of fused-ring (bicyclic) bond motifs is 1. The molecule has 1 amide bonds. The molecule has 2 aliphatic heterocycles. The van der Waals surface area contributed by atoms with Crippen LogP contribution in [0.5, 0.6) is 0 Å². The zero-order valence-electron chi connectivity index (χ0n) is 17.8. The van der Waals surface area contributed by atoms with E-state index in [-0.39, 0.29) is 23.2 Å². The smallest absolute Gasteiger partial charge is 0.357 e. The Labute approximate surface area is 190 Å². The van der Waals surface area contributed by atoms with Gasteiger partial charge in [-0.1, -0.05) is 0 Å². The largest absolute Gasteiger partial charge is 0.416 e. The number of carbonyl (C=O) groups is 1. The lowest BCUT2D eigenvalue weighted by molar-refractivity contribution is -0.137. The van der Waals surface area contributed by atoms with Crippen molar-refractivity contribution < 1.29 is 26.7 Å². The van der Waals surface area contributed by atoms with Crippen molar-refractivity contribution in [2.75, 3.05) is 29.4 Å². The van der Waals surface area contributed by atoms with E-state index in [2.05, 4.69) is 20.1 Å². The van der Waals surface area contributed by atoms with E-state index in [4.69, 9.17) is 0 Å². The second-order valence-electron chi connectivity index (χ2n) is 8.53. The number of halogens is 5. The van der Waals surface area contributed by atoms with Crippen molar-refractivity contribution in [1.82, 2.24) is 24.7 Å². The molecule has 0 N–H and O–H groups in total. The van der Waals surface area contributed by atoms with E-state index in [1.165, 1.54) is 17.3 Å². The van der Waals surface area contributed by atoms with E-state index >= 15 is 0 Å². The van der Waals surface area contributed by atoms with Crippen LogP contribution in [0.25, 0.3) is 11.2 Å². The summed E-state index contributed by atoms with van der Waals surface area (Å²) in [5.41, 5.74) is -0.886. The number of hydrogen-bond donors (Lipinski definition) is 0. The normalized spacial score (nSPS) is 18.6. The van der Waals surface area contributed by atoms with Crippen molar-refractivity contribution in [3.8, 4) is 0 Å². The summed E-state index contributed by atoms with van der Waals surface area (Å²) in [7, 11) is 0. The Balaban J connectivity index is 1.32. The van der Waals surface area contributed by atoms with Gasteiger partial charge in [0.15, 0.2) is 11.5 Å². The quantitative estimate of drug-likeness (QED) is 0.531. The predicted octanol–water partition coefficient (Wildman–Crippen LogP) is 3.53. The van der Waals surface area contributed by atoms with Gasteiger partial charge < -0.3 is 4.90 Å². The van der Waals surface area contributed by atoms with Crippen LogP contribution in [0.1, 0.15) is 24.8 Å². The first-order chi connectivity index (χ1) is 16.2. The van der Waals surface area contributed by atoms with Crippen LogP contribution in [-0.2, 0) is 17.5 Å². The van der Waals surface area contributed by atoms with Crippen LogP contribution in [-0.4, -0.2) is 56.7 Å². The third kappa shape index (κ3) is 3.92. The summed E-state index contributed by atoms with van der Waals surface area (Å²) in [5.74, 6) is 0.362. The highest BCUT2D eigenvalue weighted by molar-refractivity contribution is 5.99. The number of rotatable bonds is 4. The van der Waals surface area contributed by atoms with E-state index < -0.39 is 30.1 Å². The highest BCUT2D eigenvalue weighted by Crippen LogP contribution is 2.43. The molecule has 0 saturated carbocycles. The number of anilines is 2. The van der Waals surface area contributed by atoms with Crippen molar-refractivity contribution in [1.29, 1.82) is 0 Å². The van der Waals surface area contributed by atoms with E-state index in [9.17, 15) is 26.7 Å². The van der Waals surface area contributed by atoms with Gasteiger partial charge in [0.2, 0.25) is 5.91 Å². The first-order valence-electron chi connectivity index (χ1n) is 10.7. The topological polar surface area (TPSA) is 80.0 Å². The van der Waals surface area contributed by atoms with Crippen molar-refractivity contribution >= 4 is 28.7 Å². The maximum Gasteiger partial charge on any atom is 0.416 e. The lowest BCUT2D eigenvalue weighted by Gasteiger charge is -2.38. The van der Waals surface area contributed by atoms with Gasteiger partial charge in [0.05, 0.1) is 23.4 Å². The Bertz CT molecular complexity index is 1220. The number of aromatic nitrogens is 5. The summed E-state index contributed by atoms with van der Waals surface area (Å²) < 4.78 is 65.8. The summed E-state index contributed by atoms with van der Waals surface area (Å²) in [6.45, 7) is 0.544. The summed E-state index contributed by atoms with van der Waals surface area (Å²) in [5, 5.41) is 3.89. The Morgan fingerprint density at radius 3 is 2.47 bits per heavy atom. The molecule has 5 rings (SSSR count). The van der Waals surface area contributed by atoms with Crippen LogP contribution in [0, 0.1) is 5.41 Å². The number of alkyl halides is 5. The Morgan fingerprint density at radius 2 is 1.76 bits per heavy atom. The summed E-state index contributed by atoms with van der Waals surface area (Å²) in [6.07, 6.45) is -1.68. The van der Waals surface area contributed by atoms with Crippen molar-refractivity contribution in [3.63, 3.8) is 0 Å². The first kappa shape index (κ1) is 22.4. The monoisotopic (exact) mass is 481 g/mol. The summed E-state index contributed by atoms with van der Waals surface area (Å²) in [4.78, 5) is 29.3. The highest BCUT2D eigenvalue weighted by Gasteiger charge is 2.49. The number of pyridine rings is 1. The maximum atomic E-state index is 13.4. The number of piperidine rings is 1. The molecule has 180 valence electrons. The molecule has 8 nitrogen and oxygen atoms in total. The van der Waals surface area contributed by atoms with Gasteiger partial charge in [-0.15, -0.1) is 0 Å². The molecule has 13 heteroatoms. The molecule has 3 aromatic heterocycles. The Hall–Kier alpha value is -3.38. The van der Waals surface area contributed by atoms with Gasteiger partial charge in [0.25, 0.3) is 6.43 Å². The van der Waals surface area contributed by atoms with Gasteiger partial charge in [-0.05, 0) is 31.4 Å². The van der Waals surface area contributed by atoms with Crippen molar-refractivity contribution in [3.05, 3.63) is 36.3 Å². The second kappa shape index (κ2) is 8.13. The molecular formula is C21H20F5N7O. The van der Waals surface area contributed by atoms with E-state index in [1.54, 1.807) is 4.90 Å². The van der Waals surface area contributed by atoms with Crippen LogP contribution >= 0.6 is 0 Å². The molecule has 1 spiro atoms. The molecule has 0 aliphatic carbocycles. The molecule has 2 fully saturated rings. The van der Waals surface area contributed by atoms with Crippen LogP contribution in [0.4, 0.5) is 33.6 Å². The van der Waals surface area contributed by atoms with Gasteiger partial charge >= 0.3 is 6.18 Å². The van der Waals surface area contributed by atoms with Crippen LogP contribution in [0.2, 0.25) is 0 Å². The van der Waals surface area contributed by atoms with Gasteiger partial charge in [-0.3, -0.25) is 9.69 Å². The molecule has 2 saturated heterocycles. The molecule has 0 bridgehead atoms. The Morgan fingerprint density at radius 1 is 1.03 bits per heavy atom. The lowest BCUT2D eigenvalue weighted by atomic mass is 9.77. The average molecular weight is 481 g/mol. The number of carbonyl (C=O) groups excluding carboxylic acids is 1. The molecule has 3 aromatic rings. The zero-order chi connectivity index (χ0) is 24.1. The van der Waals surface area contributed by atoms with Crippen LogP contribution in [0.3, 0.4) is 0 Å². The fourth-order valence-electron chi connectivity index (χ4n) is 4.67. The fraction of sp³-hybridized carbons (Fsp3) is 0.476. The second-order valence-corrected chi connectivity index (χ2v) is 8.53. The molecule has 34 heavy (non-hydrogen) atoms. The molecule has 5 heterocycles. The van der Waals surface area contributed by atoms with Crippen molar-refractivity contribution in [2.24, 2.45) is 5.41 Å². The minimum absolute atomic E-state index is 0.141. The SMILES string of the molecule is O=C1N(c2cnc3cnn(CC(F)F)c3n2)CCC12CCN(c1cc(C(F)(F)F)ccn1)CC2. The predicted molar refractivity (Wildman–Crippen MR) is 111 cm³/mol. The zero-order valence-corrected chi connectivity index (χ0v) is 17.8. The van der Waals surface area contributed by atoms with Gasteiger partial charge in [0.1, 0.15) is 17.9 Å². The molecule has 0 aromatic carbocycles. The summed E-state index contributed by atoms with van der Waals surface area (Å²) in [6, 6.07) is 1.95. The van der Waals surface area contributed by atoms with Gasteiger partial charge in [-0.25, -0.2) is 28.4 Å².